The average molecular weight is 580 g/mol. The van der Waals surface area contributed by atoms with E-state index in [1.807, 2.05) is 6.07 Å². The molecule has 0 radical (unpaired) electrons. The van der Waals surface area contributed by atoms with Crippen LogP contribution in [-0.2, 0) is 28.4 Å². The Labute approximate surface area is 238 Å². The van der Waals surface area contributed by atoms with Crippen molar-refractivity contribution in [3.05, 3.63) is 82.4 Å². The summed E-state index contributed by atoms with van der Waals surface area (Å²) in [6.07, 6.45) is 0.0340. The molecule has 0 saturated carbocycles. The van der Waals surface area contributed by atoms with Crippen LogP contribution in [0.15, 0.2) is 59.3 Å². The van der Waals surface area contributed by atoms with Crippen LogP contribution in [0.2, 0.25) is 0 Å². The standard InChI is InChI=1S/C28H27F2N7O5/c1-27(2,3)41-26(39)35-25-19-12-17(7-9-21(19)42-36-25)15-33-24(38)13-20-18(14-31)8-10-23(37(20)40)34-16-28(29,30)22-6-4-5-11-32-22/h4-12,34H,13,15-16H2,1-3H3,(H,33,38)(H,35,36,39). The zero-order valence-electron chi connectivity index (χ0n) is 22.9. The smallest absolute Gasteiger partial charge is 0.413 e. The molecule has 0 aliphatic heterocycles. The number of fused-ring (bicyclic) bond motifs is 1. The van der Waals surface area contributed by atoms with E-state index >= 15 is 0 Å². The molecule has 4 aromatic rings. The Morgan fingerprint density at radius 1 is 1.17 bits per heavy atom. The fraction of sp³-hybridized carbons (Fsp3) is 0.286. The summed E-state index contributed by atoms with van der Waals surface area (Å²) in [6.45, 7) is 4.26. The number of carbonyl (C=O) groups is 2. The number of alkyl halides is 2. The SMILES string of the molecule is CC(C)(C)OC(=O)Nc1noc2ccc(CNC(=O)Cc3c(C#N)ccc(NCC(F)(F)c4ccccn4)[n+]3[O-])cc12. The summed E-state index contributed by atoms with van der Waals surface area (Å²) >= 11 is 0. The zero-order valence-corrected chi connectivity index (χ0v) is 22.9. The van der Waals surface area contributed by atoms with E-state index in [-0.39, 0.29) is 34.2 Å². The fourth-order valence-electron chi connectivity index (χ4n) is 3.85. The highest BCUT2D eigenvalue weighted by Gasteiger charge is 2.35. The van der Waals surface area contributed by atoms with E-state index in [0.717, 1.165) is 0 Å². The van der Waals surface area contributed by atoms with Gasteiger partial charge in [0.1, 0.15) is 23.1 Å². The molecule has 0 unspecified atom stereocenters. The second-order valence-electron chi connectivity index (χ2n) is 10.2. The summed E-state index contributed by atoms with van der Waals surface area (Å²) in [6, 6.07) is 13.3. The van der Waals surface area contributed by atoms with Crippen LogP contribution in [0.1, 0.15) is 43.3 Å². The van der Waals surface area contributed by atoms with Gasteiger partial charge in [-0.25, -0.2) is 9.52 Å². The van der Waals surface area contributed by atoms with Crippen molar-refractivity contribution in [2.24, 2.45) is 0 Å². The summed E-state index contributed by atoms with van der Waals surface area (Å²) < 4.78 is 39.8. The molecule has 0 atom stereocenters. The highest BCUT2D eigenvalue weighted by molar-refractivity contribution is 5.96. The van der Waals surface area contributed by atoms with Crippen molar-refractivity contribution in [1.29, 1.82) is 5.26 Å². The lowest BCUT2D eigenvalue weighted by Crippen LogP contribution is -2.41. The lowest BCUT2D eigenvalue weighted by atomic mass is 10.1. The van der Waals surface area contributed by atoms with Gasteiger partial charge in [-0.3, -0.25) is 20.4 Å². The predicted molar refractivity (Wildman–Crippen MR) is 146 cm³/mol. The first kappa shape index (κ1) is 29.7. The molecule has 42 heavy (non-hydrogen) atoms. The summed E-state index contributed by atoms with van der Waals surface area (Å²) in [5.74, 6) is -4.09. The summed E-state index contributed by atoms with van der Waals surface area (Å²) in [5, 5.41) is 34.3. The van der Waals surface area contributed by atoms with Gasteiger partial charge in [-0.2, -0.15) is 14.0 Å². The number of halogens is 2. The van der Waals surface area contributed by atoms with Gasteiger partial charge in [-0.05, 0) is 56.7 Å². The van der Waals surface area contributed by atoms with Crippen LogP contribution >= 0.6 is 0 Å². The van der Waals surface area contributed by atoms with E-state index in [4.69, 9.17) is 9.26 Å². The van der Waals surface area contributed by atoms with Gasteiger partial charge in [0.15, 0.2) is 17.9 Å². The number of nitrogens with zero attached hydrogens (tertiary/aromatic N) is 4. The van der Waals surface area contributed by atoms with E-state index in [1.165, 1.54) is 36.5 Å². The van der Waals surface area contributed by atoms with Crippen LogP contribution in [0.4, 0.5) is 25.2 Å². The Balaban J connectivity index is 1.42. The number of benzene rings is 1. The Hall–Kier alpha value is -5.32. The third kappa shape index (κ3) is 7.25. The van der Waals surface area contributed by atoms with Gasteiger partial charge in [0.05, 0.1) is 17.4 Å². The number of pyridine rings is 2. The van der Waals surface area contributed by atoms with Gasteiger partial charge in [0, 0.05) is 18.8 Å². The van der Waals surface area contributed by atoms with Crippen LogP contribution in [0.5, 0.6) is 0 Å². The second kappa shape index (κ2) is 12.0. The van der Waals surface area contributed by atoms with E-state index in [2.05, 4.69) is 26.1 Å². The monoisotopic (exact) mass is 579 g/mol. The molecule has 0 aliphatic rings. The largest absolute Gasteiger partial charge is 0.710 e. The van der Waals surface area contributed by atoms with Crippen LogP contribution in [0.25, 0.3) is 11.0 Å². The normalized spacial score (nSPS) is 11.5. The molecule has 0 saturated heterocycles. The van der Waals surface area contributed by atoms with E-state index < -0.39 is 42.2 Å². The molecule has 3 aromatic heterocycles. The van der Waals surface area contributed by atoms with Gasteiger partial charge < -0.3 is 19.8 Å². The molecule has 218 valence electrons. The number of ether oxygens (including phenoxy) is 1. The molecule has 0 fully saturated rings. The van der Waals surface area contributed by atoms with Crippen molar-refractivity contribution in [2.45, 2.75) is 45.3 Å². The summed E-state index contributed by atoms with van der Waals surface area (Å²) in [7, 11) is 0. The first-order valence-corrected chi connectivity index (χ1v) is 12.7. The Kier molecular flexibility index (Phi) is 8.51. The number of carbonyl (C=O) groups excluding carboxylic acids is 2. The van der Waals surface area contributed by atoms with E-state index in [9.17, 15) is 28.8 Å². The number of nitrogens with one attached hydrogen (secondary N) is 3. The van der Waals surface area contributed by atoms with Crippen LogP contribution in [-0.4, -0.2) is 34.3 Å². The highest BCUT2D eigenvalue weighted by atomic mass is 19.3. The van der Waals surface area contributed by atoms with E-state index in [0.29, 0.717) is 16.5 Å². The highest BCUT2D eigenvalue weighted by Crippen LogP contribution is 2.27. The second-order valence-corrected chi connectivity index (χ2v) is 10.2. The minimum absolute atomic E-state index is 0.0286. The molecule has 0 bridgehead atoms. The molecule has 2 amide bonds. The average Bonchev–Trinajstić information content (AvgIpc) is 3.33. The zero-order chi connectivity index (χ0) is 30.5. The Morgan fingerprint density at radius 3 is 2.64 bits per heavy atom. The maximum atomic E-state index is 14.5. The van der Waals surface area contributed by atoms with Gasteiger partial charge in [-0.15, -0.1) is 0 Å². The molecule has 1 aromatic carbocycles. The van der Waals surface area contributed by atoms with Crippen LogP contribution in [0, 0.1) is 16.5 Å². The number of aromatic nitrogens is 3. The minimum Gasteiger partial charge on any atom is -0.710 e. The van der Waals surface area contributed by atoms with Crippen molar-refractivity contribution in [2.75, 3.05) is 17.2 Å². The van der Waals surface area contributed by atoms with Crippen molar-refractivity contribution < 1.29 is 32.4 Å². The van der Waals surface area contributed by atoms with Crippen molar-refractivity contribution in [3.63, 3.8) is 0 Å². The summed E-state index contributed by atoms with van der Waals surface area (Å²) in [4.78, 5) is 28.5. The molecule has 0 spiro atoms. The van der Waals surface area contributed by atoms with Gasteiger partial charge in [-0.1, -0.05) is 17.3 Å². The number of amides is 2. The minimum atomic E-state index is -3.38. The quantitative estimate of drug-likeness (QED) is 0.195. The Bertz CT molecular complexity index is 1650. The molecular formula is C28H27F2N7O5. The number of nitriles is 1. The maximum Gasteiger partial charge on any atom is 0.413 e. The van der Waals surface area contributed by atoms with Crippen molar-refractivity contribution >= 4 is 34.6 Å². The first-order valence-electron chi connectivity index (χ1n) is 12.7. The lowest BCUT2D eigenvalue weighted by Gasteiger charge is -2.19. The molecular weight excluding hydrogens is 552 g/mol. The number of rotatable bonds is 9. The van der Waals surface area contributed by atoms with Gasteiger partial charge in [0.2, 0.25) is 5.91 Å². The van der Waals surface area contributed by atoms with Gasteiger partial charge >= 0.3 is 12.0 Å². The van der Waals surface area contributed by atoms with Gasteiger partial charge in [0.25, 0.3) is 5.82 Å². The molecule has 4 rings (SSSR count). The fourth-order valence-corrected chi connectivity index (χ4v) is 3.85. The third-order valence-corrected chi connectivity index (χ3v) is 5.81. The molecule has 12 nitrogen and oxygen atoms in total. The topological polar surface area (TPSA) is 169 Å². The van der Waals surface area contributed by atoms with Crippen LogP contribution < -0.4 is 20.7 Å². The molecule has 3 N–H and O–H groups in total. The molecule has 0 aliphatic carbocycles. The third-order valence-electron chi connectivity index (χ3n) is 5.81. The summed E-state index contributed by atoms with van der Waals surface area (Å²) in [5.41, 5.74) is -0.465. The lowest BCUT2D eigenvalue weighted by molar-refractivity contribution is -0.598. The number of hydrogen-bond donors (Lipinski definition) is 3. The van der Waals surface area contributed by atoms with Crippen molar-refractivity contribution in [3.8, 4) is 6.07 Å². The number of hydrogen-bond acceptors (Lipinski definition) is 9. The predicted octanol–water partition coefficient (Wildman–Crippen LogP) is 4.14. The first-order chi connectivity index (χ1) is 19.9. The number of anilines is 2. The van der Waals surface area contributed by atoms with E-state index in [1.54, 1.807) is 39.0 Å². The van der Waals surface area contributed by atoms with Crippen LogP contribution in [0.3, 0.4) is 0 Å². The molecule has 14 heteroatoms. The Morgan fingerprint density at radius 2 is 1.95 bits per heavy atom. The maximum absolute atomic E-state index is 14.5. The van der Waals surface area contributed by atoms with Crippen molar-refractivity contribution in [1.82, 2.24) is 15.5 Å². The molecule has 3 heterocycles.